The topological polar surface area (TPSA) is 258 Å². The lowest BCUT2D eigenvalue weighted by Gasteiger charge is -2.52. The maximum absolute atomic E-state index is 10.8. The summed E-state index contributed by atoms with van der Waals surface area (Å²) in [6.45, 7) is -1.27. The third-order valence-corrected chi connectivity index (χ3v) is 10.0. The van der Waals surface area contributed by atoms with Crippen LogP contribution < -0.4 is 0 Å². The summed E-state index contributed by atoms with van der Waals surface area (Å²) in [5.41, 5.74) is 0. The maximum atomic E-state index is 10.8. The molecule has 0 amide bonds. The summed E-state index contributed by atoms with van der Waals surface area (Å²) in [5.74, 6) is -0.646. The van der Waals surface area contributed by atoms with Gasteiger partial charge in [0.25, 0.3) is 0 Å². The van der Waals surface area contributed by atoms with E-state index >= 15 is 0 Å². The fraction of sp³-hybridized carbons (Fsp3) is 1.00. The molecule has 0 spiro atoms. The number of ether oxygens (including phenoxy) is 6. The van der Waals surface area contributed by atoms with Crippen molar-refractivity contribution in [3.63, 3.8) is 0 Å². The predicted molar refractivity (Wildman–Crippen MR) is 143 cm³/mol. The molecule has 5 rings (SSSR count). The molecule has 256 valence electrons. The second kappa shape index (κ2) is 14.6. The molecule has 3 heterocycles. The molecule has 16 nitrogen and oxygen atoms in total. The summed E-state index contributed by atoms with van der Waals surface area (Å²) in [5, 5.41) is 103. The van der Waals surface area contributed by atoms with Gasteiger partial charge in [0.1, 0.15) is 48.8 Å². The highest BCUT2D eigenvalue weighted by molar-refractivity contribution is 5.00. The van der Waals surface area contributed by atoms with Crippen molar-refractivity contribution in [1.29, 1.82) is 0 Å². The van der Waals surface area contributed by atoms with Gasteiger partial charge in [0, 0.05) is 19.4 Å². The van der Waals surface area contributed by atoms with Crippen LogP contribution in [0.4, 0.5) is 0 Å². The zero-order valence-electron chi connectivity index (χ0n) is 24.5. The average Bonchev–Trinajstić information content (AvgIpc) is 3.01. The van der Waals surface area contributed by atoms with Gasteiger partial charge in [-0.05, 0) is 38.0 Å². The fourth-order valence-electron chi connectivity index (χ4n) is 7.48. The Kier molecular flexibility index (Phi) is 11.5. The fourth-order valence-corrected chi connectivity index (χ4v) is 7.48. The van der Waals surface area contributed by atoms with Gasteiger partial charge < -0.3 is 79.5 Å². The minimum absolute atomic E-state index is 0.109. The Balaban J connectivity index is 1.39. The zero-order chi connectivity index (χ0) is 31.9. The van der Waals surface area contributed by atoms with Crippen LogP contribution in [0.3, 0.4) is 0 Å². The minimum atomic E-state index is -1.66. The van der Waals surface area contributed by atoms with E-state index < -0.39 is 123 Å². The molecule has 2 saturated carbocycles. The van der Waals surface area contributed by atoms with Crippen molar-refractivity contribution in [3.05, 3.63) is 0 Å². The van der Waals surface area contributed by atoms with E-state index in [-0.39, 0.29) is 25.2 Å². The number of aliphatic hydroxyl groups excluding tert-OH is 10. The summed E-state index contributed by atoms with van der Waals surface area (Å²) in [4.78, 5) is 0. The molecule has 5 aliphatic rings. The molecule has 0 radical (unpaired) electrons. The van der Waals surface area contributed by atoms with Crippen LogP contribution in [-0.2, 0) is 28.4 Å². The van der Waals surface area contributed by atoms with Crippen molar-refractivity contribution in [2.45, 2.75) is 143 Å². The van der Waals surface area contributed by atoms with Crippen LogP contribution in [0.15, 0.2) is 0 Å². The SMILES string of the molecule is COC1CC(C2OC3CC(O)CC(O[C@@H]4O[C@H](CO)[C@H](O)[C@@H](O)[C@H]4O)C3CC2O[C@@H]2O[C@H](CO)[C@H](O)[C@@H](O)[C@H]2O)CCC1O. The van der Waals surface area contributed by atoms with Crippen LogP contribution >= 0.6 is 0 Å². The van der Waals surface area contributed by atoms with Gasteiger partial charge in [-0.1, -0.05) is 0 Å². The Morgan fingerprint density at radius 2 is 1.16 bits per heavy atom. The molecule has 0 aromatic carbocycles. The number of methoxy groups -OCH3 is 1. The van der Waals surface area contributed by atoms with Gasteiger partial charge in [0.15, 0.2) is 12.6 Å². The van der Waals surface area contributed by atoms with E-state index in [9.17, 15) is 51.1 Å². The monoisotopic (exact) mass is 640 g/mol. The van der Waals surface area contributed by atoms with Gasteiger partial charge in [-0.25, -0.2) is 0 Å². The van der Waals surface area contributed by atoms with Crippen molar-refractivity contribution in [2.75, 3.05) is 20.3 Å². The lowest BCUT2D eigenvalue weighted by Crippen LogP contribution is -2.63. The Morgan fingerprint density at radius 1 is 0.591 bits per heavy atom. The van der Waals surface area contributed by atoms with Gasteiger partial charge >= 0.3 is 0 Å². The number of fused-ring (bicyclic) bond motifs is 1. The van der Waals surface area contributed by atoms with Gasteiger partial charge in [-0.2, -0.15) is 0 Å². The smallest absolute Gasteiger partial charge is 0.187 e. The molecule has 0 aromatic heterocycles. The van der Waals surface area contributed by atoms with Gasteiger partial charge in [0.2, 0.25) is 0 Å². The third-order valence-electron chi connectivity index (χ3n) is 10.0. The number of aliphatic hydroxyl groups is 10. The highest BCUT2D eigenvalue weighted by atomic mass is 16.7. The molecule has 0 aromatic rings. The molecule has 44 heavy (non-hydrogen) atoms. The van der Waals surface area contributed by atoms with Gasteiger partial charge in [0.05, 0.1) is 55.9 Å². The largest absolute Gasteiger partial charge is 0.394 e. The second-order valence-corrected chi connectivity index (χ2v) is 12.8. The van der Waals surface area contributed by atoms with Crippen molar-refractivity contribution >= 4 is 0 Å². The molecule has 10 N–H and O–H groups in total. The molecular weight excluding hydrogens is 592 g/mol. The van der Waals surface area contributed by atoms with Crippen LogP contribution in [0.2, 0.25) is 0 Å². The molecule has 2 aliphatic carbocycles. The number of hydrogen-bond acceptors (Lipinski definition) is 16. The first kappa shape index (κ1) is 34.7. The zero-order valence-corrected chi connectivity index (χ0v) is 24.5. The molecule has 3 aliphatic heterocycles. The number of hydrogen-bond donors (Lipinski definition) is 10. The molecule has 19 atom stereocenters. The van der Waals surface area contributed by atoms with Crippen molar-refractivity contribution in [3.8, 4) is 0 Å². The van der Waals surface area contributed by atoms with Crippen LogP contribution in [0.25, 0.3) is 0 Å². The van der Waals surface area contributed by atoms with Crippen LogP contribution in [-0.4, -0.2) is 176 Å². The van der Waals surface area contributed by atoms with E-state index in [1.54, 1.807) is 0 Å². The van der Waals surface area contributed by atoms with E-state index in [1.165, 1.54) is 7.11 Å². The maximum Gasteiger partial charge on any atom is 0.187 e. The summed E-state index contributed by atoms with van der Waals surface area (Å²) in [6, 6.07) is 0. The highest BCUT2D eigenvalue weighted by Gasteiger charge is 2.54. The van der Waals surface area contributed by atoms with Crippen LogP contribution in [0, 0.1) is 11.8 Å². The highest BCUT2D eigenvalue weighted by Crippen LogP contribution is 2.45. The molecule has 16 heteroatoms. The summed E-state index contributed by atoms with van der Waals surface area (Å²) in [7, 11) is 1.51. The summed E-state index contributed by atoms with van der Waals surface area (Å²) < 4.78 is 35.7. The molecule has 0 bridgehead atoms. The van der Waals surface area contributed by atoms with Crippen molar-refractivity contribution in [2.24, 2.45) is 11.8 Å². The first-order valence-corrected chi connectivity index (χ1v) is 15.4. The van der Waals surface area contributed by atoms with E-state index in [4.69, 9.17) is 28.4 Å². The third kappa shape index (κ3) is 6.96. The summed E-state index contributed by atoms with van der Waals surface area (Å²) >= 11 is 0. The Labute approximate surface area is 254 Å². The lowest BCUT2D eigenvalue weighted by molar-refractivity contribution is -0.344. The first-order chi connectivity index (χ1) is 21.0. The molecule has 3 saturated heterocycles. The van der Waals surface area contributed by atoms with E-state index in [1.807, 2.05) is 0 Å². The quantitative estimate of drug-likeness (QED) is 0.120. The Morgan fingerprint density at radius 3 is 1.70 bits per heavy atom. The van der Waals surface area contributed by atoms with Crippen LogP contribution in [0.1, 0.15) is 38.5 Å². The van der Waals surface area contributed by atoms with Gasteiger partial charge in [-0.15, -0.1) is 0 Å². The molecule has 9 unspecified atom stereocenters. The lowest BCUT2D eigenvalue weighted by atomic mass is 9.72. The minimum Gasteiger partial charge on any atom is -0.394 e. The van der Waals surface area contributed by atoms with Gasteiger partial charge in [-0.3, -0.25) is 0 Å². The summed E-state index contributed by atoms with van der Waals surface area (Å²) in [6.07, 6.45) is -17.7. The van der Waals surface area contributed by atoms with Crippen LogP contribution in [0.5, 0.6) is 0 Å². The molecular formula is C28H48O16. The Bertz CT molecular complexity index is 911. The molecule has 5 fully saturated rings. The Hall–Kier alpha value is -0.640. The normalized spacial score (nSPS) is 53.7. The van der Waals surface area contributed by atoms with E-state index in [0.29, 0.717) is 19.3 Å². The van der Waals surface area contributed by atoms with Crippen molar-refractivity contribution < 1.29 is 79.5 Å². The second-order valence-electron chi connectivity index (χ2n) is 12.8. The standard InChI is InChI=1S/C28H48O16/c1-39-16-4-10(2-3-13(16)32)26-17(42-28-25(38)23(36)21(34)19(9-30)44-28)7-12-14(40-26)5-11(31)6-15(12)41-27-24(37)22(35)20(33)18(8-29)43-27/h10-38H,2-9H2,1H3/t10?,11?,12?,13?,14?,15?,16?,17?,18-,19-,20+,21+,22-,23-,24-,25-,26?,27-,28-/m1/s1. The van der Waals surface area contributed by atoms with E-state index in [2.05, 4.69) is 0 Å². The average molecular weight is 641 g/mol. The first-order valence-electron chi connectivity index (χ1n) is 15.4. The predicted octanol–water partition coefficient (Wildman–Crippen LogP) is -4.54. The number of rotatable bonds is 8. The van der Waals surface area contributed by atoms with E-state index in [0.717, 1.165) is 0 Å². The van der Waals surface area contributed by atoms with Crippen molar-refractivity contribution in [1.82, 2.24) is 0 Å².